The SMILES string of the molecule is COc1ccc(CCNS(=O)(=O)c2ccc(OC)c(C)c2C)cc1. The van der Waals surface area contributed by atoms with E-state index in [4.69, 9.17) is 9.47 Å². The van der Waals surface area contributed by atoms with Crippen LogP contribution in [0.25, 0.3) is 0 Å². The van der Waals surface area contributed by atoms with Gasteiger partial charge in [-0.1, -0.05) is 12.1 Å². The number of ether oxygens (including phenoxy) is 2. The first-order chi connectivity index (χ1) is 11.4. The molecule has 1 N–H and O–H groups in total. The van der Waals surface area contributed by atoms with E-state index < -0.39 is 10.0 Å². The lowest BCUT2D eigenvalue weighted by Gasteiger charge is -2.13. The Morgan fingerprint density at radius 1 is 0.917 bits per heavy atom. The highest BCUT2D eigenvalue weighted by Crippen LogP contribution is 2.26. The Morgan fingerprint density at radius 2 is 1.58 bits per heavy atom. The molecule has 0 bridgehead atoms. The van der Waals surface area contributed by atoms with E-state index in [9.17, 15) is 8.42 Å². The van der Waals surface area contributed by atoms with Crippen LogP contribution >= 0.6 is 0 Å². The van der Waals surface area contributed by atoms with Gasteiger partial charge in [-0.2, -0.15) is 0 Å². The third-order valence-corrected chi connectivity index (χ3v) is 5.67. The van der Waals surface area contributed by atoms with Crippen LogP contribution < -0.4 is 14.2 Å². The molecule has 0 saturated carbocycles. The molecule has 5 nitrogen and oxygen atoms in total. The lowest BCUT2D eigenvalue weighted by atomic mass is 10.1. The van der Waals surface area contributed by atoms with Crippen molar-refractivity contribution in [2.45, 2.75) is 25.2 Å². The largest absolute Gasteiger partial charge is 0.497 e. The van der Waals surface area contributed by atoms with Crippen molar-refractivity contribution in [2.75, 3.05) is 20.8 Å². The summed E-state index contributed by atoms with van der Waals surface area (Å²) in [5, 5.41) is 0. The molecule has 2 aromatic carbocycles. The van der Waals surface area contributed by atoms with E-state index in [0.717, 1.165) is 16.9 Å². The monoisotopic (exact) mass is 349 g/mol. The minimum Gasteiger partial charge on any atom is -0.497 e. The molecule has 0 radical (unpaired) electrons. The van der Waals surface area contributed by atoms with Gasteiger partial charge in [0.15, 0.2) is 0 Å². The van der Waals surface area contributed by atoms with Gasteiger partial charge in [-0.3, -0.25) is 0 Å². The Labute approximate surface area is 143 Å². The number of sulfonamides is 1. The summed E-state index contributed by atoms with van der Waals surface area (Å²) in [5.41, 5.74) is 2.57. The standard InChI is InChI=1S/C18H23NO4S/c1-13-14(2)18(10-9-17(13)23-4)24(20,21)19-12-11-15-5-7-16(22-3)8-6-15/h5-10,19H,11-12H2,1-4H3. The summed E-state index contributed by atoms with van der Waals surface area (Å²) >= 11 is 0. The Hall–Kier alpha value is -2.05. The van der Waals surface area contributed by atoms with Gasteiger partial charge in [0.1, 0.15) is 11.5 Å². The van der Waals surface area contributed by atoms with Crippen molar-refractivity contribution < 1.29 is 17.9 Å². The first-order valence-electron chi connectivity index (χ1n) is 7.66. The van der Waals surface area contributed by atoms with Crippen molar-refractivity contribution in [1.29, 1.82) is 0 Å². The highest BCUT2D eigenvalue weighted by molar-refractivity contribution is 7.89. The summed E-state index contributed by atoms with van der Waals surface area (Å²) in [6.07, 6.45) is 0.609. The predicted octanol–water partition coefficient (Wildman–Crippen LogP) is 2.84. The Kier molecular flexibility index (Phi) is 5.85. The fourth-order valence-corrected chi connectivity index (χ4v) is 3.81. The number of methoxy groups -OCH3 is 2. The quantitative estimate of drug-likeness (QED) is 0.835. The van der Waals surface area contributed by atoms with Crippen LogP contribution in [0.5, 0.6) is 11.5 Å². The molecule has 0 atom stereocenters. The van der Waals surface area contributed by atoms with E-state index in [0.29, 0.717) is 24.3 Å². The smallest absolute Gasteiger partial charge is 0.240 e. The van der Waals surface area contributed by atoms with Gasteiger partial charge < -0.3 is 9.47 Å². The van der Waals surface area contributed by atoms with Crippen LogP contribution in [0.1, 0.15) is 16.7 Å². The zero-order valence-electron chi connectivity index (χ0n) is 14.4. The maximum atomic E-state index is 12.5. The minimum atomic E-state index is -3.55. The van der Waals surface area contributed by atoms with Crippen LogP contribution in [0.15, 0.2) is 41.3 Å². The predicted molar refractivity (Wildman–Crippen MR) is 94.4 cm³/mol. The maximum absolute atomic E-state index is 12.5. The lowest BCUT2D eigenvalue weighted by Crippen LogP contribution is -2.26. The third kappa shape index (κ3) is 4.07. The molecule has 0 heterocycles. The molecule has 0 fully saturated rings. The summed E-state index contributed by atoms with van der Waals surface area (Å²) in [4.78, 5) is 0.288. The molecule has 0 aliphatic heterocycles. The Balaban J connectivity index is 2.07. The van der Waals surface area contributed by atoms with E-state index >= 15 is 0 Å². The number of hydrogen-bond donors (Lipinski definition) is 1. The zero-order chi connectivity index (χ0) is 17.7. The van der Waals surface area contributed by atoms with Crippen LogP contribution in [0.2, 0.25) is 0 Å². The van der Waals surface area contributed by atoms with E-state index in [1.807, 2.05) is 31.2 Å². The highest BCUT2D eigenvalue weighted by Gasteiger charge is 2.19. The average Bonchev–Trinajstić information content (AvgIpc) is 2.57. The molecule has 24 heavy (non-hydrogen) atoms. The lowest BCUT2D eigenvalue weighted by molar-refractivity contribution is 0.410. The number of benzene rings is 2. The van der Waals surface area contributed by atoms with Crippen molar-refractivity contribution in [1.82, 2.24) is 4.72 Å². The van der Waals surface area contributed by atoms with Crippen LogP contribution in [0, 0.1) is 13.8 Å². The second kappa shape index (κ2) is 7.68. The number of hydrogen-bond acceptors (Lipinski definition) is 4. The van der Waals surface area contributed by atoms with E-state index in [1.54, 1.807) is 33.3 Å². The summed E-state index contributed by atoms with van der Waals surface area (Å²) in [6.45, 7) is 3.97. The average molecular weight is 349 g/mol. The van der Waals surface area contributed by atoms with Crippen molar-refractivity contribution >= 4 is 10.0 Å². The van der Waals surface area contributed by atoms with Crippen LogP contribution in [0.4, 0.5) is 0 Å². The van der Waals surface area contributed by atoms with Crippen LogP contribution in [0.3, 0.4) is 0 Å². The molecule has 0 amide bonds. The van der Waals surface area contributed by atoms with Gasteiger partial charge in [0.2, 0.25) is 10.0 Å². The molecule has 0 aliphatic rings. The maximum Gasteiger partial charge on any atom is 0.240 e. The van der Waals surface area contributed by atoms with Crippen LogP contribution in [-0.2, 0) is 16.4 Å². The second-order valence-electron chi connectivity index (χ2n) is 5.51. The van der Waals surface area contributed by atoms with E-state index in [2.05, 4.69) is 4.72 Å². The van der Waals surface area contributed by atoms with Crippen molar-refractivity contribution in [3.63, 3.8) is 0 Å². The zero-order valence-corrected chi connectivity index (χ0v) is 15.2. The molecule has 0 aromatic heterocycles. The van der Waals surface area contributed by atoms with Crippen molar-refractivity contribution in [3.8, 4) is 11.5 Å². The topological polar surface area (TPSA) is 64.6 Å². The molecule has 0 unspecified atom stereocenters. The van der Waals surface area contributed by atoms with Gasteiger partial charge in [0.05, 0.1) is 19.1 Å². The summed E-state index contributed by atoms with van der Waals surface area (Å²) in [6, 6.07) is 10.8. The van der Waals surface area contributed by atoms with Gasteiger partial charge in [0.25, 0.3) is 0 Å². The molecule has 0 aliphatic carbocycles. The van der Waals surface area contributed by atoms with Gasteiger partial charge >= 0.3 is 0 Å². The summed E-state index contributed by atoms with van der Waals surface area (Å²) in [5.74, 6) is 1.47. The second-order valence-corrected chi connectivity index (χ2v) is 7.25. The van der Waals surface area contributed by atoms with Gasteiger partial charge in [-0.05, 0) is 61.2 Å². The van der Waals surface area contributed by atoms with Crippen molar-refractivity contribution in [2.24, 2.45) is 0 Å². The Morgan fingerprint density at radius 3 is 2.17 bits per heavy atom. The molecule has 0 saturated heterocycles. The molecular formula is C18H23NO4S. The molecule has 2 rings (SSSR count). The first kappa shape index (κ1) is 18.3. The van der Waals surface area contributed by atoms with E-state index in [-0.39, 0.29) is 4.90 Å². The normalized spacial score (nSPS) is 11.3. The van der Waals surface area contributed by atoms with Gasteiger partial charge in [-0.15, -0.1) is 0 Å². The highest BCUT2D eigenvalue weighted by atomic mass is 32.2. The third-order valence-electron chi connectivity index (χ3n) is 4.06. The summed E-state index contributed by atoms with van der Waals surface area (Å²) in [7, 11) is -0.366. The molecule has 2 aromatic rings. The van der Waals surface area contributed by atoms with Crippen molar-refractivity contribution in [3.05, 3.63) is 53.1 Å². The minimum absolute atomic E-state index is 0.288. The fraction of sp³-hybridized carbons (Fsp3) is 0.333. The van der Waals surface area contributed by atoms with E-state index in [1.165, 1.54) is 0 Å². The number of nitrogens with one attached hydrogen (secondary N) is 1. The molecule has 0 spiro atoms. The Bertz CT molecular complexity index is 799. The molecule has 6 heteroatoms. The molecule has 130 valence electrons. The number of rotatable bonds is 7. The summed E-state index contributed by atoms with van der Waals surface area (Å²) < 4.78 is 38.0. The molecular weight excluding hydrogens is 326 g/mol. The first-order valence-corrected chi connectivity index (χ1v) is 9.14. The van der Waals surface area contributed by atoms with Gasteiger partial charge in [0, 0.05) is 6.54 Å². The fourth-order valence-electron chi connectivity index (χ4n) is 2.48. The van der Waals surface area contributed by atoms with Gasteiger partial charge in [-0.25, -0.2) is 13.1 Å². The van der Waals surface area contributed by atoms with Crippen LogP contribution in [-0.4, -0.2) is 29.2 Å².